The van der Waals surface area contributed by atoms with Crippen molar-refractivity contribution in [2.24, 2.45) is 0 Å². The van der Waals surface area contributed by atoms with Crippen LogP contribution >= 0.6 is 0 Å². The van der Waals surface area contributed by atoms with Crippen LogP contribution in [0.1, 0.15) is 46.7 Å². The smallest absolute Gasteiger partial charge is 0.000720 e. The lowest BCUT2D eigenvalue weighted by molar-refractivity contribution is 1.09. The van der Waals surface area contributed by atoms with Crippen molar-refractivity contribution in [1.29, 1.82) is 0 Å². The SMILES string of the molecule is CCc1cc2c(c(C3=CC=CC3)c1C)Cc1cc(C)ccc1-2. The van der Waals surface area contributed by atoms with E-state index < -0.39 is 0 Å². The molecule has 22 heavy (non-hydrogen) atoms. The fraction of sp³-hybridized carbons (Fsp3) is 0.273. The lowest BCUT2D eigenvalue weighted by atomic mass is 9.87. The van der Waals surface area contributed by atoms with Gasteiger partial charge in [0.25, 0.3) is 0 Å². The van der Waals surface area contributed by atoms with Gasteiger partial charge >= 0.3 is 0 Å². The highest BCUT2D eigenvalue weighted by molar-refractivity contribution is 5.87. The molecule has 0 heteroatoms. The van der Waals surface area contributed by atoms with E-state index in [9.17, 15) is 0 Å². The predicted molar refractivity (Wildman–Crippen MR) is 95.3 cm³/mol. The largest absolute Gasteiger partial charge is 0.0801 e. The summed E-state index contributed by atoms with van der Waals surface area (Å²) in [7, 11) is 0. The first-order valence-corrected chi connectivity index (χ1v) is 8.30. The van der Waals surface area contributed by atoms with Gasteiger partial charge < -0.3 is 0 Å². The number of fused-ring (bicyclic) bond motifs is 3. The summed E-state index contributed by atoms with van der Waals surface area (Å²) in [5, 5.41) is 0. The van der Waals surface area contributed by atoms with Gasteiger partial charge in [-0.05, 0) is 77.6 Å². The van der Waals surface area contributed by atoms with E-state index in [0.29, 0.717) is 0 Å². The second-order valence-corrected chi connectivity index (χ2v) is 6.58. The Kier molecular flexibility index (Phi) is 3.07. The molecule has 0 saturated heterocycles. The maximum atomic E-state index is 2.44. The van der Waals surface area contributed by atoms with Crippen LogP contribution in [0, 0.1) is 13.8 Å². The van der Waals surface area contributed by atoms with Crippen molar-refractivity contribution in [3.8, 4) is 11.1 Å². The predicted octanol–water partition coefficient (Wildman–Crippen LogP) is 5.78. The molecule has 0 atom stereocenters. The molecule has 2 aromatic rings. The summed E-state index contributed by atoms with van der Waals surface area (Å²) in [6.07, 6.45) is 10.0. The first-order chi connectivity index (χ1) is 10.7. The third kappa shape index (κ3) is 1.90. The summed E-state index contributed by atoms with van der Waals surface area (Å²) >= 11 is 0. The van der Waals surface area contributed by atoms with Crippen LogP contribution in [-0.4, -0.2) is 0 Å². The Labute approximate surface area is 133 Å². The maximum absolute atomic E-state index is 2.44. The summed E-state index contributed by atoms with van der Waals surface area (Å²) in [6, 6.07) is 9.37. The van der Waals surface area contributed by atoms with Gasteiger partial charge in [-0.2, -0.15) is 0 Å². The molecular formula is C22H22. The summed E-state index contributed by atoms with van der Waals surface area (Å²) in [6.45, 7) is 6.77. The van der Waals surface area contributed by atoms with Gasteiger partial charge in [0.15, 0.2) is 0 Å². The van der Waals surface area contributed by atoms with Crippen molar-refractivity contribution in [1.82, 2.24) is 0 Å². The second-order valence-electron chi connectivity index (χ2n) is 6.58. The van der Waals surface area contributed by atoms with Crippen LogP contribution in [0.4, 0.5) is 0 Å². The van der Waals surface area contributed by atoms with Crippen LogP contribution in [0.5, 0.6) is 0 Å². The minimum Gasteiger partial charge on any atom is -0.0801 e. The normalized spacial score (nSPS) is 15.0. The monoisotopic (exact) mass is 286 g/mol. The van der Waals surface area contributed by atoms with Crippen molar-refractivity contribution < 1.29 is 0 Å². The minimum atomic E-state index is 1.08. The van der Waals surface area contributed by atoms with Gasteiger partial charge in [-0.15, -0.1) is 0 Å². The number of aryl methyl sites for hydroxylation is 2. The van der Waals surface area contributed by atoms with Crippen molar-refractivity contribution in [2.75, 3.05) is 0 Å². The van der Waals surface area contributed by atoms with Gasteiger partial charge in [0.05, 0.1) is 0 Å². The van der Waals surface area contributed by atoms with E-state index in [2.05, 4.69) is 63.3 Å². The number of rotatable bonds is 2. The molecule has 0 saturated carbocycles. The van der Waals surface area contributed by atoms with E-state index in [1.165, 1.54) is 44.5 Å². The van der Waals surface area contributed by atoms with E-state index >= 15 is 0 Å². The third-order valence-corrected chi connectivity index (χ3v) is 5.19. The Hall–Kier alpha value is -2.08. The molecular weight excluding hydrogens is 264 g/mol. The molecule has 0 unspecified atom stereocenters. The van der Waals surface area contributed by atoms with Gasteiger partial charge in [0, 0.05) is 0 Å². The molecule has 2 aromatic carbocycles. The highest BCUT2D eigenvalue weighted by atomic mass is 14.3. The summed E-state index contributed by atoms with van der Waals surface area (Å²) in [5.41, 5.74) is 13.3. The summed E-state index contributed by atoms with van der Waals surface area (Å²) < 4.78 is 0. The van der Waals surface area contributed by atoms with Gasteiger partial charge in [-0.25, -0.2) is 0 Å². The molecule has 0 N–H and O–H groups in total. The lowest BCUT2D eigenvalue weighted by Gasteiger charge is -2.17. The number of allylic oxidation sites excluding steroid dienone is 4. The van der Waals surface area contributed by atoms with Crippen molar-refractivity contribution >= 4 is 5.57 Å². The molecule has 0 spiro atoms. The quantitative estimate of drug-likeness (QED) is 0.560. The van der Waals surface area contributed by atoms with Crippen LogP contribution in [0.3, 0.4) is 0 Å². The van der Waals surface area contributed by atoms with Gasteiger partial charge in [0.1, 0.15) is 0 Å². The van der Waals surface area contributed by atoms with Crippen molar-refractivity contribution in [3.05, 3.63) is 75.9 Å². The van der Waals surface area contributed by atoms with Crippen molar-refractivity contribution in [2.45, 2.75) is 40.0 Å². The average molecular weight is 286 g/mol. The van der Waals surface area contributed by atoms with E-state index in [4.69, 9.17) is 0 Å². The van der Waals surface area contributed by atoms with E-state index in [0.717, 1.165) is 19.3 Å². The Bertz CT molecular complexity index is 832. The molecule has 0 aliphatic heterocycles. The topological polar surface area (TPSA) is 0 Å². The second kappa shape index (κ2) is 4.98. The number of benzene rings is 2. The molecule has 0 aromatic heterocycles. The Balaban J connectivity index is 1.99. The molecule has 4 rings (SSSR count). The first-order valence-electron chi connectivity index (χ1n) is 8.30. The van der Waals surface area contributed by atoms with Gasteiger partial charge in [-0.1, -0.05) is 55.0 Å². The van der Waals surface area contributed by atoms with Crippen LogP contribution in [-0.2, 0) is 12.8 Å². The lowest BCUT2D eigenvalue weighted by Crippen LogP contribution is -2.00. The Morgan fingerprint density at radius 3 is 2.64 bits per heavy atom. The molecule has 110 valence electrons. The van der Waals surface area contributed by atoms with Gasteiger partial charge in [-0.3, -0.25) is 0 Å². The zero-order chi connectivity index (χ0) is 15.3. The molecule has 0 amide bonds. The van der Waals surface area contributed by atoms with Crippen LogP contribution in [0.2, 0.25) is 0 Å². The molecule has 0 fully saturated rings. The van der Waals surface area contributed by atoms with Crippen molar-refractivity contribution in [3.63, 3.8) is 0 Å². The fourth-order valence-corrected chi connectivity index (χ4v) is 4.07. The highest BCUT2D eigenvalue weighted by Gasteiger charge is 2.25. The maximum Gasteiger partial charge on any atom is -0.000720 e. The molecule has 0 nitrogen and oxygen atoms in total. The van der Waals surface area contributed by atoms with E-state index in [1.54, 1.807) is 5.56 Å². The minimum absolute atomic E-state index is 1.08. The fourth-order valence-electron chi connectivity index (χ4n) is 4.07. The molecule has 2 aliphatic rings. The zero-order valence-electron chi connectivity index (χ0n) is 13.7. The summed E-state index contributed by atoms with van der Waals surface area (Å²) in [5.74, 6) is 0. The average Bonchev–Trinajstić information content (AvgIpc) is 3.13. The molecule has 0 radical (unpaired) electrons. The van der Waals surface area contributed by atoms with Crippen LogP contribution < -0.4 is 0 Å². The van der Waals surface area contributed by atoms with Crippen LogP contribution in [0.15, 0.2) is 42.5 Å². The van der Waals surface area contributed by atoms with E-state index in [-0.39, 0.29) is 0 Å². The Morgan fingerprint density at radius 1 is 1.05 bits per heavy atom. The van der Waals surface area contributed by atoms with E-state index in [1.807, 2.05) is 0 Å². The molecule has 0 bridgehead atoms. The summed E-state index contributed by atoms with van der Waals surface area (Å²) in [4.78, 5) is 0. The van der Waals surface area contributed by atoms with Crippen LogP contribution in [0.25, 0.3) is 16.7 Å². The molecule has 0 heterocycles. The Morgan fingerprint density at radius 2 is 1.91 bits per heavy atom. The third-order valence-electron chi connectivity index (χ3n) is 5.19. The first kappa shape index (κ1) is 13.6. The number of hydrogen-bond acceptors (Lipinski definition) is 0. The van der Waals surface area contributed by atoms with Gasteiger partial charge in [0.2, 0.25) is 0 Å². The highest BCUT2D eigenvalue weighted by Crippen LogP contribution is 2.44. The zero-order valence-corrected chi connectivity index (χ0v) is 13.7. The molecule has 2 aliphatic carbocycles. The number of hydrogen-bond donors (Lipinski definition) is 0. The standard InChI is InChI=1S/C22H22/c1-4-16-12-20-19-10-9-14(2)11-18(19)13-21(20)22(15(16)3)17-7-5-6-8-17/h5-7,9-12H,4,8,13H2,1-3H3.